The molecule has 0 heterocycles. The van der Waals surface area contributed by atoms with Crippen molar-refractivity contribution < 1.29 is 10.0 Å². The lowest BCUT2D eigenvalue weighted by molar-refractivity contribution is 0.426. The van der Waals surface area contributed by atoms with E-state index >= 15 is 0 Å². The van der Waals surface area contributed by atoms with Crippen LogP contribution in [0, 0.1) is 0 Å². The van der Waals surface area contributed by atoms with Gasteiger partial charge >= 0.3 is 7.12 Å². The molecular formula is C40H30BNO2. The molecule has 44 heavy (non-hydrogen) atoms. The fourth-order valence-electron chi connectivity index (χ4n) is 5.83. The monoisotopic (exact) mass is 567 g/mol. The minimum atomic E-state index is -1.55. The molecule has 2 N–H and O–H groups in total. The van der Waals surface area contributed by atoms with E-state index in [1.807, 2.05) is 48.5 Å². The first kappa shape index (κ1) is 27.4. The maximum Gasteiger partial charge on any atom is 0.489 e. The molecule has 0 aliphatic carbocycles. The molecule has 7 aromatic rings. The molecule has 0 spiro atoms. The summed E-state index contributed by atoms with van der Waals surface area (Å²) in [6.45, 7) is 0. The number of benzene rings is 7. The third kappa shape index (κ3) is 5.52. The number of anilines is 3. The van der Waals surface area contributed by atoms with Crippen molar-refractivity contribution in [3.63, 3.8) is 0 Å². The van der Waals surface area contributed by atoms with E-state index in [9.17, 15) is 10.0 Å². The van der Waals surface area contributed by atoms with Crippen LogP contribution in [0.2, 0.25) is 0 Å². The maximum atomic E-state index is 10.0. The van der Waals surface area contributed by atoms with Gasteiger partial charge in [0, 0.05) is 17.1 Å². The van der Waals surface area contributed by atoms with E-state index in [0.717, 1.165) is 39.3 Å². The van der Waals surface area contributed by atoms with E-state index < -0.39 is 7.12 Å². The molecule has 0 saturated heterocycles. The highest BCUT2D eigenvalue weighted by Gasteiger charge is 2.18. The van der Waals surface area contributed by atoms with E-state index in [1.54, 1.807) is 6.07 Å². The predicted octanol–water partition coefficient (Wildman–Crippen LogP) is 8.99. The molecule has 7 aromatic carbocycles. The van der Waals surface area contributed by atoms with Crippen LogP contribution in [-0.2, 0) is 0 Å². The van der Waals surface area contributed by atoms with Crippen LogP contribution in [0.1, 0.15) is 0 Å². The van der Waals surface area contributed by atoms with E-state index in [1.165, 1.54) is 21.9 Å². The Bertz CT molecular complexity index is 2020. The molecule has 0 radical (unpaired) electrons. The quantitative estimate of drug-likeness (QED) is 0.189. The second kappa shape index (κ2) is 12.1. The Morgan fingerprint density at radius 3 is 1.45 bits per heavy atom. The van der Waals surface area contributed by atoms with Gasteiger partial charge in [-0.25, -0.2) is 0 Å². The first-order chi connectivity index (χ1) is 21.6. The Hall–Kier alpha value is -5.42. The van der Waals surface area contributed by atoms with Crippen molar-refractivity contribution in [1.29, 1.82) is 0 Å². The molecule has 0 fully saturated rings. The summed E-state index contributed by atoms with van der Waals surface area (Å²) in [4.78, 5) is 2.26. The van der Waals surface area contributed by atoms with Gasteiger partial charge in [-0.05, 0) is 98.1 Å². The summed E-state index contributed by atoms with van der Waals surface area (Å²) in [5.41, 5.74) is 9.84. The Labute approximate surface area is 258 Å². The van der Waals surface area contributed by atoms with Gasteiger partial charge in [-0.2, -0.15) is 0 Å². The number of hydrogen-bond acceptors (Lipinski definition) is 3. The summed E-state index contributed by atoms with van der Waals surface area (Å²) >= 11 is 0. The van der Waals surface area contributed by atoms with Crippen molar-refractivity contribution in [1.82, 2.24) is 0 Å². The minimum Gasteiger partial charge on any atom is -0.423 e. The number of nitrogens with zero attached hydrogens (tertiary/aromatic N) is 1. The lowest BCUT2D eigenvalue weighted by Gasteiger charge is -2.26. The van der Waals surface area contributed by atoms with Crippen molar-refractivity contribution in [2.75, 3.05) is 4.90 Å². The first-order valence-corrected chi connectivity index (χ1v) is 14.7. The van der Waals surface area contributed by atoms with Gasteiger partial charge in [0.05, 0.1) is 0 Å². The van der Waals surface area contributed by atoms with Gasteiger partial charge < -0.3 is 14.9 Å². The average Bonchev–Trinajstić information content (AvgIpc) is 3.09. The van der Waals surface area contributed by atoms with Gasteiger partial charge in [0.25, 0.3) is 0 Å². The van der Waals surface area contributed by atoms with Crippen molar-refractivity contribution >= 4 is 40.4 Å². The molecule has 0 saturated carbocycles. The zero-order chi connectivity index (χ0) is 29.9. The summed E-state index contributed by atoms with van der Waals surface area (Å²) in [7, 11) is -1.55. The molecule has 3 nitrogen and oxygen atoms in total. The molecule has 4 heteroatoms. The number of rotatable bonds is 7. The van der Waals surface area contributed by atoms with Crippen molar-refractivity contribution in [3.8, 4) is 33.4 Å². The normalized spacial score (nSPS) is 11.0. The molecule has 0 amide bonds. The number of hydrogen-bond donors (Lipinski definition) is 2. The van der Waals surface area contributed by atoms with Crippen LogP contribution >= 0.6 is 0 Å². The third-order valence-corrected chi connectivity index (χ3v) is 8.10. The molecule has 0 aliphatic rings. The fourth-order valence-corrected chi connectivity index (χ4v) is 5.83. The van der Waals surface area contributed by atoms with Crippen LogP contribution in [0.4, 0.5) is 17.1 Å². The predicted molar refractivity (Wildman–Crippen MR) is 185 cm³/mol. The van der Waals surface area contributed by atoms with E-state index in [2.05, 4.69) is 120 Å². The lowest BCUT2D eigenvalue weighted by Crippen LogP contribution is -2.31. The molecule has 7 rings (SSSR count). The molecule has 210 valence electrons. The summed E-state index contributed by atoms with van der Waals surface area (Å²) in [5, 5.41) is 22.5. The van der Waals surface area contributed by atoms with Crippen LogP contribution in [0.25, 0.3) is 44.2 Å². The average molecular weight is 567 g/mol. The van der Waals surface area contributed by atoms with Crippen molar-refractivity contribution in [2.24, 2.45) is 0 Å². The second-order valence-electron chi connectivity index (χ2n) is 10.9. The molecule has 0 bridgehead atoms. The summed E-state index contributed by atoms with van der Waals surface area (Å²) in [5.74, 6) is 0. The van der Waals surface area contributed by atoms with Gasteiger partial charge in [0.1, 0.15) is 0 Å². The molecule has 0 atom stereocenters. The first-order valence-electron chi connectivity index (χ1n) is 14.7. The second-order valence-corrected chi connectivity index (χ2v) is 10.9. The highest BCUT2D eigenvalue weighted by Crippen LogP contribution is 2.37. The van der Waals surface area contributed by atoms with E-state index in [-0.39, 0.29) is 0 Å². The van der Waals surface area contributed by atoms with Crippen LogP contribution < -0.4 is 10.4 Å². The SMILES string of the molecule is OB(O)c1ccc(-c2ccc(N(c3ccccc3)c3ccc(-c4ccc5ccccc5c4)cc3)cc2)cc1-c1ccccc1. The smallest absolute Gasteiger partial charge is 0.423 e. The molecule has 0 unspecified atom stereocenters. The van der Waals surface area contributed by atoms with E-state index in [4.69, 9.17) is 0 Å². The Balaban J connectivity index is 1.23. The Morgan fingerprint density at radius 2 is 0.841 bits per heavy atom. The highest BCUT2D eigenvalue weighted by molar-refractivity contribution is 6.60. The lowest BCUT2D eigenvalue weighted by atomic mass is 9.74. The number of para-hydroxylation sites is 1. The van der Waals surface area contributed by atoms with Gasteiger partial charge in [0.15, 0.2) is 0 Å². The zero-order valence-electron chi connectivity index (χ0n) is 24.1. The van der Waals surface area contributed by atoms with Crippen molar-refractivity contribution in [3.05, 3.63) is 170 Å². The van der Waals surface area contributed by atoms with Crippen LogP contribution in [0.15, 0.2) is 170 Å². The topological polar surface area (TPSA) is 43.7 Å². The van der Waals surface area contributed by atoms with Crippen LogP contribution in [0.5, 0.6) is 0 Å². The molecule has 0 aromatic heterocycles. The summed E-state index contributed by atoms with van der Waals surface area (Å²) < 4.78 is 0. The number of fused-ring (bicyclic) bond motifs is 1. The van der Waals surface area contributed by atoms with Crippen LogP contribution in [0.3, 0.4) is 0 Å². The highest BCUT2D eigenvalue weighted by atomic mass is 16.4. The van der Waals surface area contributed by atoms with Crippen LogP contribution in [-0.4, -0.2) is 17.2 Å². The van der Waals surface area contributed by atoms with Gasteiger partial charge in [0.2, 0.25) is 0 Å². The summed E-state index contributed by atoms with van der Waals surface area (Å²) in [6.07, 6.45) is 0. The largest absolute Gasteiger partial charge is 0.489 e. The summed E-state index contributed by atoms with van der Waals surface area (Å²) in [6, 6.07) is 58.3. The standard InChI is InChI=1S/C40H30BNO2/c43-41(44)40-26-21-35(28-39(40)32-10-3-1-4-11-32)31-19-24-38(25-20-31)42(36-13-5-2-6-14-36)37-22-17-30(18-23-37)34-16-15-29-9-7-8-12-33(29)27-34/h1-28,43-44H. The minimum absolute atomic E-state index is 0.485. The van der Waals surface area contributed by atoms with Gasteiger partial charge in [-0.1, -0.05) is 121 Å². The van der Waals surface area contributed by atoms with Crippen molar-refractivity contribution in [2.45, 2.75) is 0 Å². The Morgan fingerprint density at radius 1 is 0.364 bits per heavy atom. The Kier molecular flexibility index (Phi) is 7.52. The molecular weight excluding hydrogens is 537 g/mol. The fraction of sp³-hybridized carbons (Fsp3) is 0. The van der Waals surface area contributed by atoms with Gasteiger partial charge in [-0.3, -0.25) is 0 Å². The van der Waals surface area contributed by atoms with E-state index in [0.29, 0.717) is 5.46 Å². The van der Waals surface area contributed by atoms with Gasteiger partial charge in [-0.15, -0.1) is 0 Å². The zero-order valence-corrected chi connectivity index (χ0v) is 24.1. The third-order valence-electron chi connectivity index (χ3n) is 8.10. The maximum absolute atomic E-state index is 10.0. The molecule has 0 aliphatic heterocycles.